The number of aryl methyl sites for hydroxylation is 1. The molecule has 0 aliphatic heterocycles. The van der Waals surface area contributed by atoms with Crippen LogP contribution >= 0.6 is 0 Å². The number of aromatic nitrogens is 1. The Kier molecular flexibility index (Phi) is 11.0. The first-order valence-corrected chi connectivity index (χ1v) is 12.8. The van der Waals surface area contributed by atoms with Crippen LogP contribution in [0.4, 0.5) is 10.5 Å². The van der Waals surface area contributed by atoms with Crippen LogP contribution in [0.2, 0.25) is 0 Å². The van der Waals surface area contributed by atoms with E-state index in [0.717, 1.165) is 11.3 Å². The fourth-order valence-electron chi connectivity index (χ4n) is 3.96. The fourth-order valence-corrected chi connectivity index (χ4v) is 3.96. The van der Waals surface area contributed by atoms with Gasteiger partial charge in [0.05, 0.1) is 18.8 Å². The number of nitrogens with zero attached hydrogens (tertiary/aromatic N) is 3. The Labute approximate surface area is 219 Å². The van der Waals surface area contributed by atoms with Gasteiger partial charge in [0.2, 0.25) is 5.91 Å². The standard InChI is InChI=1S/C29H38N4O4/c1-4-36-20-12-19-32(29(35)30-26-16-9-10-17-27(26)37-5-2)23-28(34)33(21-24-13-7-6-8-14-24)22-25-15-11-18-31(25)3/h6-11,13-18H,4-5,12,19-23H2,1-3H3,(H,30,35). The number of amides is 3. The molecule has 0 saturated carbocycles. The van der Waals surface area contributed by atoms with Crippen LogP contribution in [0.5, 0.6) is 5.75 Å². The molecule has 3 amide bonds. The van der Waals surface area contributed by atoms with Gasteiger partial charge in [0.25, 0.3) is 0 Å². The van der Waals surface area contributed by atoms with Crippen LogP contribution in [0, 0.1) is 0 Å². The molecule has 1 aromatic heterocycles. The quantitative estimate of drug-likeness (QED) is 0.315. The largest absolute Gasteiger partial charge is 0.492 e. The number of hydrogen-bond donors (Lipinski definition) is 1. The predicted molar refractivity (Wildman–Crippen MR) is 145 cm³/mol. The Morgan fingerprint density at radius 1 is 0.892 bits per heavy atom. The molecule has 0 aliphatic rings. The zero-order chi connectivity index (χ0) is 26.5. The molecule has 0 fully saturated rings. The first kappa shape index (κ1) is 27.8. The number of rotatable bonds is 14. The maximum absolute atomic E-state index is 13.6. The summed E-state index contributed by atoms with van der Waals surface area (Å²) in [6, 6.07) is 20.8. The van der Waals surface area contributed by atoms with E-state index in [1.54, 1.807) is 15.9 Å². The molecule has 37 heavy (non-hydrogen) atoms. The van der Waals surface area contributed by atoms with Gasteiger partial charge >= 0.3 is 6.03 Å². The van der Waals surface area contributed by atoms with Crippen molar-refractivity contribution in [3.8, 4) is 5.75 Å². The van der Waals surface area contributed by atoms with E-state index in [0.29, 0.717) is 57.3 Å². The number of carbonyl (C=O) groups excluding carboxylic acids is 2. The van der Waals surface area contributed by atoms with Crippen LogP contribution in [0.15, 0.2) is 72.9 Å². The molecule has 0 aliphatic carbocycles. The van der Waals surface area contributed by atoms with E-state index in [9.17, 15) is 9.59 Å². The summed E-state index contributed by atoms with van der Waals surface area (Å²) in [7, 11) is 1.96. The molecule has 8 heteroatoms. The van der Waals surface area contributed by atoms with Crippen molar-refractivity contribution in [3.63, 3.8) is 0 Å². The first-order chi connectivity index (χ1) is 18.0. The van der Waals surface area contributed by atoms with Crippen LogP contribution in [-0.4, -0.2) is 59.2 Å². The van der Waals surface area contributed by atoms with Crippen molar-refractivity contribution >= 4 is 17.6 Å². The fraction of sp³-hybridized carbons (Fsp3) is 0.379. The highest BCUT2D eigenvalue weighted by atomic mass is 16.5. The summed E-state index contributed by atoms with van der Waals surface area (Å²) in [5, 5.41) is 2.93. The third kappa shape index (κ3) is 8.68. The molecule has 2 aromatic carbocycles. The summed E-state index contributed by atoms with van der Waals surface area (Å²) in [5.41, 5.74) is 2.62. The molecule has 0 atom stereocenters. The van der Waals surface area contributed by atoms with Gasteiger partial charge in [-0.2, -0.15) is 0 Å². The second kappa shape index (κ2) is 14.7. The maximum atomic E-state index is 13.6. The minimum absolute atomic E-state index is 0.0496. The Morgan fingerprint density at radius 3 is 2.35 bits per heavy atom. The lowest BCUT2D eigenvalue weighted by atomic mass is 10.2. The summed E-state index contributed by atoms with van der Waals surface area (Å²) >= 11 is 0. The van der Waals surface area contributed by atoms with Gasteiger partial charge in [-0.15, -0.1) is 0 Å². The third-order valence-corrected chi connectivity index (χ3v) is 5.94. The van der Waals surface area contributed by atoms with E-state index >= 15 is 0 Å². The van der Waals surface area contributed by atoms with Crippen LogP contribution < -0.4 is 10.1 Å². The number of urea groups is 1. The zero-order valence-corrected chi connectivity index (χ0v) is 22.1. The molecule has 0 bridgehead atoms. The molecule has 0 unspecified atom stereocenters. The smallest absolute Gasteiger partial charge is 0.322 e. The number of hydrogen-bond acceptors (Lipinski definition) is 4. The van der Waals surface area contributed by atoms with Gasteiger partial charge in [0.1, 0.15) is 12.3 Å². The van der Waals surface area contributed by atoms with E-state index in [2.05, 4.69) is 5.32 Å². The van der Waals surface area contributed by atoms with Gasteiger partial charge in [-0.1, -0.05) is 42.5 Å². The second-order valence-electron chi connectivity index (χ2n) is 8.68. The van der Waals surface area contributed by atoms with Crippen molar-refractivity contribution in [3.05, 3.63) is 84.2 Å². The average Bonchev–Trinajstić information content (AvgIpc) is 3.31. The number of carbonyl (C=O) groups is 2. The monoisotopic (exact) mass is 506 g/mol. The van der Waals surface area contributed by atoms with Crippen molar-refractivity contribution in [2.45, 2.75) is 33.4 Å². The lowest BCUT2D eigenvalue weighted by Gasteiger charge is -2.28. The summed E-state index contributed by atoms with van der Waals surface area (Å²) < 4.78 is 13.1. The summed E-state index contributed by atoms with van der Waals surface area (Å²) in [5.74, 6) is 0.461. The van der Waals surface area contributed by atoms with Crippen molar-refractivity contribution in [2.24, 2.45) is 7.05 Å². The van der Waals surface area contributed by atoms with Crippen molar-refractivity contribution < 1.29 is 19.1 Å². The van der Waals surface area contributed by atoms with E-state index in [1.807, 2.05) is 92.3 Å². The molecule has 0 spiro atoms. The van der Waals surface area contributed by atoms with Crippen molar-refractivity contribution in [2.75, 3.05) is 38.2 Å². The second-order valence-corrected chi connectivity index (χ2v) is 8.68. The minimum Gasteiger partial charge on any atom is -0.492 e. The van der Waals surface area contributed by atoms with Gasteiger partial charge in [0, 0.05) is 45.2 Å². The van der Waals surface area contributed by atoms with E-state index in [4.69, 9.17) is 9.47 Å². The summed E-state index contributed by atoms with van der Waals surface area (Å²) in [6.45, 7) is 6.66. The topological polar surface area (TPSA) is 76.0 Å². The lowest BCUT2D eigenvalue weighted by Crippen LogP contribution is -2.45. The molecule has 8 nitrogen and oxygen atoms in total. The van der Waals surface area contributed by atoms with E-state index < -0.39 is 0 Å². The van der Waals surface area contributed by atoms with Crippen LogP contribution in [0.1, 0.15) is 31.5 Å². The van der Waals surface area contributed by atoms with Crippen LogP contribution in [0.25, 0.3) is 0 Å². The molecular weight excluding hydrogens is 468 g/mol. The van der Waals surface area contributed by atoms with E-state index in [1.165, 1.54) is 0 Å². The third-order valence-electron chi connectivity index (χ3n) is 5.94. The molecule has 3 aromatic rings. The normalized spacial score (nSPS) is 10.7. The number of nitrogens with one attached hydrogen (secondary N) is 1. The average molecular weight is 507 g/mol. The highest BCUT2D eigenvalue weighted by molar-refractivity contribution is 5.93. The highest BCUT2D eigenvalue weighted by Crippen LogP contribution is 2.24. The zero-order valence-electron chi connectivity index (χ0n) is 22.1. The van der Waals surface area contributed by atoms with Crippen molar-refractivity contribution in [1.29, 1.82) is 0 Å². The number of para-hydroxylation sites is 2. The lowest BCUT2D eigenvalue weighted by molar-refractivity contribution is -0.133. The summed E-state index contributed by atoms with van der Waals surface area (Å²) in [4.78, 5) is 30.4. The Bertz CT molecular complexity index is 1120. The number of ether oxygens (including phenoxy) is 2. The Balaban J connectivity index is 1.78. The Hall–Kier alpha value is -3.78. The number of anilines is 1. The van der Waals surface area contributed by atoms with Gasteiger partial charge in [-0.3, -0.25) is 4.79 Å². The van der Waals surface area contributed by atoms with Crippen molar-refractivity contribution in [1.82, 2.24) is 14.4 Å². The molecule has 1 heterocycles. The maximum Gasteiger partial charge on any atom is 0.322 e. The molecular formula is C29H38N4O4. The molecule has 1 N–H and O–H groups in total. The SMILES string of the molecule is CCOCCCN(CC(=O)N(Cc1ccccc1)Cc1cccn1C)C(=O)Nc1ccccc1OCC. The molecule has 0 saturated heterocycles. The molecule has 0 radical (unpaired) electrons. The van der Waals surface area contributed by atoms with E-state index in [-0.39, 0.29) is 18.5 Å². The minimum atomic E-state index is -0.351. The van der Waals surface area contributed by atoms with Gasteiger partial charge in [0.15, 0.2) is 0 Å². The van der Waals surface area contributed by atoms with Gasteiger partial charge < -0.3 is 29.2 Å². The van der Waals surface area contributed by atoms with Crippen LogP contribution in [-0.2, 0) is 29.7 Å². The Morgan fingerprint density at radius 2 is 1.65 bits per heavy atom. The predicted octanol–water partition coefficient (Wildman–Crippen LogP) is 4.91. The van der Waals surface area contributed by atoms with Crippen LogP contribution in [0.3, 0.4) is 0 Å². The first-order valence-electron chi connectivity index (χ1n) is 12.8. The van der Waals surface area contributed by atoms with Gasteiger partial charge in [-0.05, 0) is 50.1 Å². The summed E-state index contributed by atoms with van der Waals surface area (Å²) in [6.07, 6.45) is 2.59. The molecule has 3 rings (SSSR count). The molecule has 198 valence electrons. The van der Waals surface area contributed by atoms with Gasteiger partial charge in [-0.25, -0.2) is 4.79 Å². The highest BCUT2D eigenvalue weighted by Gasteiger charge is 2.23. The number of benzene rings is 2.